The Morgan fingerprint density at radius 3 is 2.54 bits per heavy atom. The van der Waals surface area contributed by atoms with Crippen LogP contribution >= 0.6 is 11.8 Å². The molecular weight excluding hydrogens is 486 g/mol. The number of benzene rings is 3. The van der Waals surface area contributed by atoms with Crippen molar-refractivity contribution in [2.24, 2.45) is 0 Å². The van der Waals surface area contributed by atoms with E-state index in [9.17, 15) is 14.4 Å². The molecule has 0 N–H and O–H groups in total. The van der Waals surface area contributed by atoms with Gasteiger partial charge in [-0.25, -0.2) is 0 Å². The molecule has 2 aliphatic rings. The van der Waals surface area contributed by atoms with Crippen LogP contribution < -0.4 is 0 Å². The standard InChI is InChI=1S/C29H25N3O4S/c33-27(30-11-13-36-14-12-30)19-32-28(34)26(37-29(32)35)16-23-18-31(25-8-4-3-7-24(23)25)17-20-9-10-21-5-1-2-6-22(21)15-20/h1-10,15-16,18H,11-14,17,19H2/b26-16+. The number of amides is 3. The van der Waals surface area contributed by atoms with Crippen molar-refractivity contribution in [2.45, 2.75) is 6.54 Å². The maximum absolute atomic E-state index is 13.1. The van der Waals surface area contributed by atoms with Gasteiger partial charge in [-0.2, -0.15) is 0 Å². The first-order valence-corrected chi connectivity index (χ1v) is 13.0. The normalized spacial score (nSPS) is 17.5. The van der Waals surface area contributed by atoms with Crippen LogP contribution in [-0.2, 0) is 20.9 Å². The van der Waals surface area contributed by atoms with Crippen LogP contribution in [0.3, 0.4) is 0 Å². The van der Waals surface area contributed by atoms with Crippen LogP contribution in [0.1, 0.15) is 11.1 Å². The average Bonchev–Trinajstić information content (AvgIpc) is 3.40. The molecule has 3 heterocycles. The van der Waals surface area contributed by atoms with E-state index in [2.05, 4.69) is 41.0 Å². The molecule has 4 aromatic rings. The number of rotatable bonds is 5. The summed E-state index contributed by atoms with van der Waals surface area (Å²) < 4.78 is 7.45. The van der Waals surface area contributed by atoms with E-state index in [1.807, 2.05) is 36.5 Å². The van der Waals surface area contributed by atoms with E-state index in [0.29, 0.717) is 37.8 Å². The third-order valence-corrected chi connectivity index (χ3v) is 7.71. The van der Waals surface area contributed by atoms with Crippen molar-refractivity contribution in [3.8, 4) is 0 Å². The van der Waals surface area contributed by atoms with Crippen LogP contribution in [0.2, 0.25) is 0 Å². The molecule has 6 rings (SSSR count). The van der Waals surface area contributed by atoms with Gasteiger partial charge in [0.2, 0.25) is 5.91 Å². The number of carbonyl (C=O) groups excluding carboxylic acids is 3. The van der Waals surface area contributed by atoms with Gasteiger partial charge >= 0.3 is 0 Å². The third kappa shape index (κ3) is 4.65. The molecule has 0 atom stereocenters. The van der Waals surface area contributed by atoms with Crippen molar-refractivity contribution in [2.75, 3.05) is 32.8 Å². The summed E-state index contributed by atoms with van der Waals surface area (Å²) in [7, 11) is 0. The van der Waals surface area contributed by atoms with E-state index in [-0.39, 0.29) is 12.5 Å². The van der Waals surface area contributed by atoms with Gasteiger partial charge in [-0.1, -0.05) is 54.6 Å². The Morgan fingerprint density at radius 2 is 1.70 bits per heavy atom. The Morgan fingerprint density at radius 1 is 0.946 bits per heavy atom. The van der Waals surface area contributed by atoms with E-state index < -0.39 is 11.1 Å². The number of imide groups is 1. The Kier molecular flexibility index (Phi) is 6.28. The second-order valence-corrected chi connectivity index (χ2v) is 10.2. The highest BCUT2D eigenvalue weighted by atomic mass is 32.2. The van der Waals surface area contributed by atoms with Crippen LogP contribution in [0, 0.1) is 0 Å². The Balaban J connectivity index is 1.27. The molecule has 8 heteroatoms. The summed E-state index contributed by atoms with van der Waals surface area (Å²) in [6.07, 6.45) is 3.79. The molecule has 0 saturated carbocycles. The van der Waals surface area contributed by atoms with E-state index in [4.69, 9.17) is 4.74 Å². The van der Waals surface area contributed by atoms with E-state index >= 15 is 0 Å². The molecule has 0 unspecified atom stereocenters. The van der Waals surface area contributed by atoms with E-state index in [1.165, 1.54) is 16.3 Å². The van der Waals surface area contributed by atoms with Crippen molar-refractivity contribution in [3.05, 3.63) is 89.0 Å². The number of thioether (sulfide) groups is 1. The lowest BCUT2D eigenvalue weighted by atomic mass is 10.1. The van der Waals surface area contributed by atoms with Gasteiger partial charge in [0.15, 0.2) is 0 Å². The molecule has 37 heavy (non-hydrogen) atoms. The lowest BCUT2D eigenvalue weighted by Crippen LogP contribution is -2.46. The maximum Gasteiger partial charge on any atom is 0.294 e. The summed E-state index contributed by atoms with van der Waals surface area (Å²) in [5, 5.41) is 2.97. The first-order chi connectivity index (χ1) is 18.1. The summed E-state index contributed by atoms with van der Waals surface area (Å²) in [6, 6.07) is 22.8. The van der Waals surface area contributed by atoms with Gasteiger partial charge in [-0.15, -0.1) is 0 Å². The largest absolute Gasteiger partial charge is 0.378 e. The van der Waals surface area contributed by atoms with Crippen LogP contribution in [0.25, 0.3) is 27.8 Å². The predicted molar refractivity (Wildman–Crippen MR) is 145 cm³/mol. The van der Waals surface area contributed by atoms with Crippen LogP contribution in [-0.4, -0.2) is 64.3 Å². The molecule has 0 bridgehead atoms. The highest BCUT2D eigenvalue weighted by molar-refractivity contribution is 8.18. The first-order valence-electron chi connectivity index (χ1n) is 12.2. The van der Waals surface area contributed by atoms with Gasteiger partial charge in [-0.3, -0.25) is 19.3 Å². The van der Waals surface area contributed by atoms with Crippen molar-refractivity contribution >= 4 is 56.6 Å². The number of hydrogen-bond donors (Lipinski definition) is 0. The molecular formula is C29H25N3O4S. The fourth-order valence-electron chi connectivity index (χ4n) is 4.88. The van der Waals surface area contributed by atoms with Crippen molar-refractivity contribution in [3.63, 3.8) is 0 Å². The molecule has 186 valence electrons. The molecule has 0 aliphatic carbocycles. The van der Waals surface area contributed by atoms with Gasteiger partial charge in [-0.05, 0) is 46.3 Å². The number of nitrogens with zero attached hydrogens (tertiary/aromatic N) is 3. The van der Waals surface area contributed by atoms with Crippen molar-refractivity contribution < 1.29 is 19.1 Å². The Bertz CT molecular complexity index is 1570. The quantitative estimate of drug-likeness (QED) is 0.362. The summed E-state index contributed by atoms with van der Waals surface area (Å²) >= 11 is 0.882. The number of carbonyl (C=O) groups is 3. The molecule has 2 aliphatic heterocycles. The Labute approximate surface area is 218 Å². The van der Waals surface area contributed by atoms with Gasteiger partial charge < -0.3 is 14.2 Å². The number of aromatic nitrogens is 1. The zero-order valence-electron chi connectivity index (χ0n) is 20.1. The first kappa shape index (κ1) is 23.5. The minimum Gasteiger partial charge on any atom is -0.378 e. The molecule has 7 nitrogen and oxygen atoms in total. The second kappa shape index (κ2) is 9.88. The third-order valence-electron chi connectivity index (χ3n) is 6.80. The topological polar surface area (TPSA) is 71.9 Å². The van der Waals surface area contributed by atoms with E-state index in [1.54, 1.807) is 11.0 Å². The number of fused-ring (bicyclic) bond motifs is 2. The number of hydrogen-bond acceptors (Lipinski definition) is 5. The van der Waals surface area contributed by atoms with Crippen LogP contribution in [0.5, 0.6) is 0 Å². The molecule has 3 amide bonds. The summed E-state index contributed by atoms with van der Waals surface area (Å²) in [4.78, 5) is 41.4. The highest BCUT2D eigenvalue weighted by Gasteiger charge is 2.37. The zero-order chi connectivity index (χ0) is 25.4. The minimum absolute atomic E-state index is 0.237. The van der Waals surface area contributed by atoms with Gasteiger partial charge in [0.05, 0.1) is 18.1 Å². The predicted octanol–water partition coefficient (Wildman–Crippen LogP) is 4.74. The second-order valence-electron chi connectivity index (χ2n) is 9.17. The molecule has 2 saturated heterocycles. The van der Waals surface area contributed by atoms with Crippen LogP contribution in [0.15, 0.2) is 77.8 Å². The fraction of sp³-hybridized carbons (Fsp3) is 0.207. The van der Waals surface area contributed by atoms with Crippen LogP contribution in [0.4, 0.5) is 4.79 Å². The number of para-hydroxylation sites is 1. The molecule has 0 spiro atoms. The molecule has 2 fully saturated rings. The SMILES string of the molecule is O=C(CN1C(=O)S/C(=C/c2cn(Cc3ccc4ccccc4c3)c3ccccc23)C1=O)N1CCOCC1. The minimum atomic E-state index is -0.428. The molecule has 3 aromatic carbocycles. The zero-order valence-corrected chi connectivity index (χ0v) is 20.9. The van der Waals surface area contributed by atoms with Gasteiger partial charge in [0.25, 0.3) is 11.1 Å². The smallest absolute Gasteiger partial charge is 0.294 e. The Hall–Kier alpha value is -3.88. The summed E-state index contributed by atoms with van der Waals surface area (Å²) in [5.41, 5.74) is 3.08. The highest BCUT2D eigenvalue weighted by Crippen LogP contribution is 2.34. The summed E-state index contributed by atoms with van der Waals surface area (Å²) in [5.74, 6) is -0.665. The number of ether oxygens (including phenoxy) is 1. The maximum atomic E-state index is 13.1. The van der Waals surface area contributed by atoms with E-state index in [0.717, 1.165) is 33.1 Å². The van der Waals surface area contributed by atoms with Crippen molar-refractivity contribution in [1.82, 2.24) is 14.4 Å². The van der Waals surface area contributed by atoms with Crippen molar-refractivity contribution in [1.29, 1.82) is 0 Å². The molecule has 0 radical (unpaired) electrons. The summed E-state index contributed by atoms with van der Waals surface area (Å²) in [6.45, 7) is 2.32. The molecule has 1 aromatic heterocycles. The van der Waals surface area contributed by atoms with Gasteiger partial charge in [0, 0.05) is 42.3 Å². The number of morpholine rings is 1. The van der Waals surface area contributed by atoms with Gasteiger partial charge in [0.1, 0.15) is 6.54 Å². The average molecular weight is 512 g/mol. The monoisotopic (exact) mass is 511 g/mol. The lowest BCUT2D eigenvalue weighted by Gasteiger charge is -2.28. The lowest BCUT2D eigenvalue weighted by molar-refractivity contribution is -0.139. The fourth-order valence-corrected chi connectivity index (χ4v) is 5.71.